The van der Waals surface area contributed by atoms with Crippen LogP contribution in [0.3, 0.4) is 0 Å². The van der Waals surface area contributed by atoms with E-state index >= 15 is 0 Å². The van der Waals surface area contributed by atoms with Gasteiger partial charge in [-0.1, -0.05) is 0 Å². The number of ether oxygens (including phenoxy) is 1. The molecule has 0 aliphatic carbocycles. The second-order valence-corrected chi connectivity index (χ2v) is 3.14. The van der Waals surface area contributed by atoms with Crippen molar-refractivity contribution in [2.24, 2.45) is 16.8 Å². The zero-order chi connectivity index (χ0) is 11.1. The van der Waals surface area contributed by atoms with Crippen molar-refractivity contribution in [2.75, 3.05) is 6.61 Å². The molecule has 0 bridgehead atoms. The molecule has 0 radical (unpaired) electrons. The van der Waals surface area contributed by atoms with Crippen molar-refractivity contribution in [3.8, 4) is 0 Å². The van der Waals surface area contributed by atoms with Crippen LogP contribution >= 0.6 is 12.2 Å². The van der Waals surface area contributed by atoms with Gasteiger partial charge in [0.2, 0.25) is 0 Å². The van der Waals surface area contributed by atoms with Crippen LogP contribution in [0, 0.1) is 5.92 Å². The molecule has 0 aliphatic heterocycles. The SMILES string of the molecule is CCOC(=O)[C@@H](C)C(C)=NNC(N)=S. The molecule has 0 amide bonds. The van der Waals surface area contributed by atoms with Crippen molar-refractivity contribution < 1.29 is 9.53 Å². The Hall–Kier alpha value is -1.17. The molecule has 1 atom stereocenters. The molecule has 0 aromatic heterocycles. The Morgan fingerprint density at radius 1 is 1.71 bits per heavy atom. The highest BCUT2D eigenvalue weighted by atomic mass is 32.1. The minimum Gasteiger partial charge on any atom is -0.465 e. The first kappa shape index (κ1) is 12.8. The number of nitrogens with one attached hydrogen (secondary N) is 1. The molecule has 0 rings (SSSR count). The average Bonchev–Trinajstić information content (AvgIpc) is 2.13. The van der Waals surface area contributed by atoms with Crippen molar-refractivity contribution in [3.05, 3.63) is 0 Å². The van der Waals surface area contributed by atoms with Gasteiger partial charge >= 0.3 is 5.97 Å². The quantitative estimate of drug-likeness (QED) is 0.308. The topological polar surface area (TPSA) is 76.7 Å². The molecule has 0 heterocycles. The highest BCUT2D eigenvalue weighted by Crippen LogP contribution is 2.01. The Kier molecular flexibility index (Phi) is 5.78. The van der Waals surface area contributed by atoms with Gasteiger partial charge in [0, 0.05) is 5.71 Å². The van der Waals surface area contributed by atoms with E-state index in [0.29, 0.717) is 12.3 Å². The van der Waals surface area contributed by atoms with Crippen molar-refractivity contribution in [1.82, 2.24) is 5.43 Å². The van der Waals surface area contributed by atoms with Crippen LogP contribution in [0.2, 0.25) is 0 Å². The standard InChI is InChI=1S/C8H15N3O2S/c1-4-13-7(12)5(2)6(3)10-11-8(9)14/h5H,4H2,1-3H3,(H3,9,11,14)/t5-/m0/s1. The van der Waals surface area contributed by atoms with Gasteiger partial charge in [0.25, 0.3) is 0 Å². The summed E-state index contributed by atoms with van der Waals surface area (Å²) in [6.45, 7) is 5.52. The molecule has 0 spiro atoms. The molecule has 0 aromatic rings. The number of esters is 1. The number of nitrogens with zero attached hydrogens (tertiary/aromatic N) is 1. The summed E-state index contributed by atoms with van der Waals surface area (Å²) in [5.41, 5.74) is 8.17. The zero-order valence-electron chi connectivity index (χ0n) is 8.53. The Labute approximate surface area is 88.7 Å². The molecule has 14 heavy (non-hydrogen) atoms. The summed E-state index contributed by atoms with van der Waals surface area (Å²) < 4.78 is 4.82. The number of thiocarbonyl (C=S) groups is 1. The molecular weight excluding hydrogens is 202 g/mol. The lowest BCUT2D eigenvalue weighted by molar-refractivity contribution is -0.145. The van der Waals surface area contributed by atoms with Gasteiger partial charge in [-0.25, -0.2) is 0 Å². The van der Waals surface area contributed by atoms with Gasteiger partial charge < -0.3 is 10.5 Å². The number of nitrogens with two attached hydrogens (primary N) is 1. The molecule has 0 aromatic carbocycles. The minimum absolute atomic E-state index is 0.0698. The van der Waals surface area contributed by atoms with Gasteiger partial charge in [0.1, 0.15) is 0 Å². The minimum atomic E-state index is -0.392. The molecule has 0 saturated carbocycles. The zero-order valence-corrected chi connectivity index (χ0v) is 9.35. The fourth-order valence-electron chi connectivity index (χ4n) is 0.678. The largest absolute Gasteiger partial charge is 0.465 e. The lowest BCUT2D eigenvalue weighted by Crippen LogP contribution is -2.28. The summed E-state index contributed by atoms with van der Waals surface area (Å²) in [5.74, 6) is -0.699. The van der Waals surface area contributed by atoms with Crippen LogP contribution in [0.1, 0.15) is 20.8 Å². The number of carbonyl (C=O) groups excluding carboxylic acids is 1. The number of carbonyl (C=O) groups is 1. The maximum absolute atomic E-state index is 11.2. The normalized spacial score (nSPS) is 13.2. The highest BCUT2D eigenvalue weighted by Gasteiger charge is 2.16. The molecular formula is C8H15N3O2S. The second-order valence-electron chi connectivity index (χ2n) is 2.70. The van der Waals surface area contributed by atoms with Gasteiger partial charge in [-0.3, -0.25) is 10.2 Å². The Bertz CT molecular complexity index is 253. The van der Waals surface area contributed by atoms with E-state index < -0.39 is 5.92 Å². The third-order valence-electron chi connectivity index (χ3n) is 1.61. The second kappa shape index (κ2) is 6.31. The summed E-state index contributed by atoms with van der Waals surface area (Å²) >= 11 is 4.56. The summed E-state index contributed by atoms with van der Waals surface area (Å²) in [7, 11) is 0. The van der Waals surface area contributed by atoms with Crippen LogP contribution in [0.15, 0.2) is 5.10 Å². The first-order valence-corrected chi connectivity index (χ1v) is 4.66. The van der Waals surface area contributed by atoms with Gasteiger partial charge in [0.05, 0.1) is 12.5 Å². The van der Waals surface area contributed by atoms with Crippen molar-refractivity contribution >= 4 is 29.0 Å². The lowest BCUT2D eigenvalue weighted by Gasteiger charge is -2.09. The van der Waals surface area contributed by atoms with Crippen LogP contribution in [-0.4, -0.2) is 23.4 Å². The maximum atomic E-state index is 11.2. The number of hydrogen-bond acceptors (Lipinski definition) is 4. The molecule has 80 valence electrons. The number of hydrazone groups is 1. The van der Waals surface area contributed by atoms with Gasteiger partial charge in [-0.15, -0.1) is 0 Å². The molecule has 0 fully saturated rings. The van der Waals surface area contributed by atoms with E-state index in [0.717, 1.165) is 0 Å². The molecule has 6 heteroatoms. The lowest BCUT2D eigenvalue weighted by atomic mass is 10.1. The molecule has 0 aliphatic rings. The van der Waals surface area contributed by atoms with E-state index in [9.17, 15) is 4.79 Å². The van der Waals surface area contributed by atoms with Crippen LogP contribution < -0.4 is 11.2 Å². The Morgan fingerprint density at radius 3 is 2.71 bits per heavy atom. The van der Waals surface area contributed by atoms with Gasteiger partial charge in [-0.2, -0.15) is 5.10 Å². The predicted octanol–water partition coefficient (Wildman–Crippen LogP) is 0.395. The first-order chi connectivity index (χ1) is 6.49. The van der Waals surface area contributed by atoms with E-state index in [1.54, 1.807) is 20.8 Å². The predicted molar refractivity (Wildman–Crippen MR) is 58.8 cm³/mol. The van der Waals surface area contributed by atoms with E-state index in [1.807, 2.05) is 0 Å². The summed E-state index contributed by atoms with van der Waals surface area (Å²) in [4.78, 5) is 11.2. The van der Waals surface area contributed by atoms with E-state index in [2.05, 4.69) is 22.7 Å². The van der Waals surface area contributed by atoms with E-state index in [-0.39, 0.29) is 11.1 Å². The molecule has 0 unspecified atom stereocenters. The average molecular weight is 217 g/mol. The van der Waals surface area contributed by atoms with Crippen LogP contribution in [0.25, 0.3) is 0 Å². The smallest absolute Gasteiger partial charge is 0.314 e. The fraction of sp³-hybridized carbons (Fsp3) is 0.625. The third-order valence-corrected chi connectivity index (χ3v) is 1.70. The Morgan fingerprint density at radius 2 is 2.29 bits per heavy atom. The number of rotatable bonds is 4. The Balaban J connectivity index is 4.22. The van der Waals surface area contributed by atoms with Crippen LogP contribution in [0.4, 0.5) is 0 Å². The van der Waals surface area contributed by atoms with Gasteiger partial charge in [-0.05, 0) is 33.0 Å². The monoisotopic (exact) mass is 217 g/mol. The highest BCUT2D eigenvalue weighted by molar-refractivity contribution is 7.80. The van der Waals surface area contributed by atoms with E-state index in [4.69, 9.17) is 10.5 Å². The van der Waals surface area contributed by atoms with Crippen molar-refractivity contribution in [3.63, 3.8) is 0 Å². The molecule has 3 N–H and O–H groups in total. The summed E-state index contributed by atoms with van der Waals surface area (Å²) in [5, 5.41) is 3.90. The van der Waals surface area contributed by atoms with Crippen molar-refractivity contribution in [2.45, 2.75) is 20.8 Å². The third kappa shape index (κ3) is 4.76. The summed E-state index contributed by atoms with van der Waals surface area (Å²) in [6.07, 6.45) is 0. The first-order valence-electron chi connectivity index (χ1n) is 4.25. The molecule has 0 saturated heterocycles. The number of hydrogen-bond donors (Lipinski definition) is 2. The van der Waals surface area contributed by atoms with Gasteiger partial charge in [0.15, 0.2) is 5.11 Å². The summed E-state index contributed by atoms with van der Waals surface area (Å²) in [6, 6.07) is 0. The van der Waals surface area contributed by atoms with Crippen LogP contribution in [-0.2, 0) is 9.53 Å². The van der Waals surface area contributed by atoms with E-state index in [1.165, 1.54) is 0 Å². The fourth-order valence-corrected chi connectivity index (χ4v) is 0.724. The molecule has 5 nitrogen and oxygen atoms in total. The van der Waals surface area contributed by atoms with Crippen LogP contribution in [0.5, 0.6) is 0 Å². The van der Waals surface area contributed by atoms with Crippen molar-refractivity contribution in [1.29, 1.82) is 0 Å². The maximum Gasteiger partial charge on any atom is 0.314 e.